The smallest absolute Gasteiger partial charge is 0.341 e. The van der Waals surface area contributed by atoms with Gasteiger partial charge in [0.05, 0.1) is 49.8 Å². The highest BCUT2D eigenvalue weighted by Gasteiger charge is 2.16. The van der Waals surface area contributed by atoms with Gasteiger partial charge < -0.3 is 38.3 Å². The number of benzene rings is 7. The molecule has 0 saturated carbocycles. The van der Waals surface area contributed by atoms with Gasteiger partial charge in [-0.1, -0.05) is 105 Å². The summed E-state index contributed by atoms with van der Waals surface area (Å²) in [6.45, 7) is 0. The number of rotatable bonds is 11. The summed E-state index contributed by atoms with van der Waals surface area (Å²) in [5.41, 5.74) is 7.11. The first-order valence-electron chi connectivity index (χ1n) is 20.2. The maximum Gasteiger partial charge on any atom is 0.341 e. The summed E-state index contributed by atoms with van der Waals surface area (Å²) in [4.78, 5) is 45.3. The molecule has 7 rings (SSSR count). The van der Waals surface area contributed by atoms with E-state index in [0.717, 1.165) is 37.9 Å². The second kappa shape index (κ2) is 27.1. The lowest BCUT2D eigenvalue weighted by molar-refractivity contribution is 0.0588. The van der Waals surface area contributed by atoms with Gasteiger partial charge in [-0.15, -0.1) is 0 Å². The lowest BCUT2D eigenvalue weighted by atomic mass is 10.0. The minimum atomic E-state index is -1.01. The van der Waals surface area contributed by atoms with Crippen molar-refractivity contribution in [2.45, 2.75) is 0 Å². The molecule has 0 aliphatic carbocycles. The molecule has 0 bridgehead atoms. The van der Waals surface area contributed by atoms with E-state index >= 15 is 0 Å². The van der Waals surface area contributed by atoms with E-state index in [1.165, 1.54) is 55.8 Å². The van der Waals surface area contributed by atoms with Crippen LogP contribution in [0.5, 0.6) is 23.0 Å². The number of carbonyl (C=O) groups is 4. The fraction of sp³-hybridized carbons (Fsp3) is 0.132. The number of hydrogen-bond acceptors (Lipinski definition) is 11. The third-order valence-corrected chi connectivity index (χ3v) is 11.0. The van der Waals surface area contributed by atoms with Crippen LogP contribution in [0.2, 0.25) is 15.1 Å². The molecule has 7 aromatic rings. The standard InChI is InChI=1S/2C15H13ClO3.C14H11ClO3.C9H9BrO3/c2*1-18-14-9-11(5-8-13(14)15(17)19-2)10-3-6-12(16)7-4-10;1-18-13-8-10(4-7-12(13)14(16)17)9-2-5-11(15)6-3-9;1-12-8-5-6(10)3-4-7(8)9(11)13-2/h2*3-9H,1-2H3;2-8H,1H3,(H,16,17);3-5H,1-2H3. The van der Waals surface area contributed by atoms with Gasteiger partial charge in [0.25, 0.3) is 0 Å². The zero-order valence-electron chi connectivity index (χ0n) is 38.3. The van der Waals surface area contributed by atoms with Gasteiger partial charge in [-0.25, -0.2) is 19.2 Å². The summed E-state index contributed by atoms with van der Waals surface area (Å²) in [7, 11) is 10.0. The first-order chi connectivity index (χ1) is 33.1. The lowest BCUT2D eigenvalue weighted by Crippen LogP contribution is -2.04. The number of ether oxygens (including phenoxy) is 7. The van der Waals surface area contributed by atoms with E-state index in [4.69, 9.17) is 68.3 Å². The molecule has 7 aromatic carbocycles. The third-order valence-electron chi connectivity index (χ3n) is 9.75. The van der Waals surface area contributed by atoms with Crippen LogP contribution in [0.4, 0.5) is 0 Å². The van der Waals surface area contributed by atoms with E-state index in [2.05, 4.69) is 20.7 Å². The van der Waals surface area contributed by atoms with Gasteiger partial charge in [0.1, 0.15) is 45.3 Å². The van der Waals surface area contributed by atoms with Crippen LogP contribution in [0.25, 0.3) is 33.4 Å². The summed E-state index contributed by atoms with van der Waals surface area (Å²) in [6.07, 6.45) is 0. The molecule has 0 aromatic heterocycles. The highest BCUT2D eigenvalue weighted by atomic mass is 79.9. The molecule has 0 radical (unpaired) electrons. The highest BCUT2D eigenvalue weighted by Crippen LogP contribution is 2.31. The van der Waals surface area contributed by atoms with Crippen molar-refractivity contribution < 1.29 is 57.4 Å². The largest absolute Gasteiger partial charge is 0.496 e. The van der Waals surface area contributed by atoms with Crippen LogP contribution in [0.3, 0.4) is 0 Å². The molecule has 0 fully saturated rings. The van der Waals surface area contributed by atoms with Crippen LogP contribution < -0.4 is 18.9 Å². The Hall–Kier alpha value is -7.03. The van der Waals surface area contributed by atoms with Crippen molar-refractivity contribution in [3.8, 4) is 56.4 Å². The van der Waals surface area contributed by atoms with Crippen molar-refractivity contribution in [1.29, 1.82) is 0 Å². The van der Waals surface area contributed by atoms with Crippen molar-refractivity contribution in [1.82, 2.24) is 0 Å². The summed E-state index contributed by atoms with van der Waals surface area (Å²) in [5, 5.41) is 11.0. The van der Waals surface area contributed by atoms with Gasteiger partial charge in [0.15, 0.2) is 0 Å². The van der Waals surface area contributed by atoms with Crippen LogP contribution >= 0.6 is 50.7 Å². The SMILES string of the molecule is COC(=O)c1ccc(-c2ccc(Cl)cc2)cc1OC.COC(=O)c1ccc(-c2ccc(Cl)cc2)cc1OC.COC(=O)c1ccc(Br)cc1OC.COc1cc(-c2ccc(Cl)cc2)ccc1C(=O)O. The first kappa shape index (κ1) is 54.6. The molecule has 0 amide bonds. The molecular formula is C53H46BrCl3O12. The van der Waals surface area contributed by atoms with Crippen LogP contribution in [0, 0.1) is 0 Å². The van der Waals surface area contributed by atoms with Gasteiger partial charge in [-0.05, 0) is 124 Å². The predicted octanol–water partition coefficient (Wildman–Crippen LogP) is 13.6. The summed E-state index contributed by atoms with van der Waals surface area (Å²) < 4.78 is 35.4. The van der Waals surface area contributed by atoms with Gasteiger partial charge in [-0.2, -0.15) is 0 Å². The van der Waals surface area contributed by atoms with E-state index in [1.807, 2.05) is 72.8 Å². The molecule has 69 heavy (non-hydrogen) atoms. The van der Waals surface area contributed by atoms with Gasteiger partial charge >= 0.3 is 23.9 Å². The normalized spacial score (nSPS) is 9.96. The number of esters is 3. The van der Waals surface area contributed by atoms with Crippen LogP contribution in [-0.4, -0.2) is 78.8 Å². The van der Waals surface area contributed by atoms with Crippen molar-refractivity contribution in [3.05, 3.63) is 187 Å². The molecule has 0 saturated heterocycles. The molecule has 0 unspecified atom stereocenters. The zero-order valence-corrected chi connectivity index (χ0v) is 42.2. The molecule has 0 aliphatic heterocycles. The number of carbonyl (C=O) groups excluding carboxylic acids is 3. The second-order valence-electron chi connectivity index (χ2n) is 13.9. The summed E-state index contributed by atoms with van der Waals surface area (Å²) >= 11 is 20.8. The number of halogens is 4. The Bertz CT molecular complexity index is 2740. The fourth-order valence-corrected chi connectivity index (χ4v) is 6.93. The van der Waals surface area contributed by atoms with Crippen molar-refractivity contribution in [3.63, 3.8) is 0 Å². The highest BCUT2D eigenvalue weighted by molar-refractivity contribution is 9.10. The molecule has 0 aliphatic rings. The van der Waals surface area contributed by atoms with E-state index in [-0.39, 0.29) is 5.56 Å². The first-order valence-corrected chi connectivity index (χ1v) is 22.2. The number of carboxylic acids is 1. The molecule has 1 N–H and O–H groups in total. The molecule has 0 atom stereocenters. The Balaban J connectivity index is 0.000000202. The van der Waals surface area contributed by atoms with Gasteiger partial charge in [0, 0.05) is 19.5 Å². The maximum absolute atomic E-state index is 11.6. The van der Waals surface area contributed by atoms with Gasteiger partial charge in [-0.3, -0.25) is 0 Å². The van der Waals surface area contributed by atoms with E-state index in [0.29, 0.717) is 54.8 Å². The Kier molecular flexibility index (Phi) is 21.4. The quantitative estimate of drug-likeness (QED) is 0.0969. The van der Waals surface area contributed by atoms with E-state index in [9.17, 15) is 19.2 Å². The Morgan fingerprint density at radius 2 is 0.609 bits per heavy atom. The Morgan fingerprint density at radius 1 is 0.362 bits per heavy atom. The minimum Gasteiger partial charge on any atom is -0.496 e. The minimum absolute atomic E-state index is 0.148. The summed E-state index contributed by atoms with van der Waals surface area (Å²) in [6, 6.07) is 43.0. The molecular weight excluding hydrogens is 1010 g/mol. The number of aromatic carboxylic acids is 1. The van der Waals surface area contributed by atoms with Crippen LogP contribution in [-0.2, 0) is 14.2 Å². The Morgan fingerprint density at radius 3 is 0.884 bits per heavy atom. The third kappa shape index (κ3) is 15.5. The molecule has 16 heteroatoms. The molecule has 0 heterocycles. The van der Waals surface area contributed by atoms with Crippen molar-refractivity contribution >= 4 is 74.6 Å². The molecule has 358 valence electrons. The average Bonchev–Trinajstić information content (AvgIpc) is 3.38. The predicted molar refractivity (Wildman–Crippen MR) is 272 cm³/mol. The number of hydrogen-bond donors (Lipinski definition) is 1. The fourth-order valence-electron chi connectivity index (χ4n) is 6.22. The Labute approximate surface area is 423 Å². The maximum atomic E-state index is 11.6. The number of methoxy groups -OCH3 is 7. The average molecular weight is 1060 g/mol. The van der Waals surface area contributed by atoms with Crippen molar-refractivity contribution in [2.75, 3.05) is 49.8 Å². The lowest BCUT2D eigenvalue weighted by Gasteiger charge is -2.09. The van der Waals surface area contributed by atoms with E-state index < -0.39 is 23.9 Å². The van der Waals surface area contributed by atoms with Crippen LogP contribution in [0.1, 0.15) is 41.4 Å². The molecule has 0 spiro atoms. The second-order valence-corrected chi connectivity index (χ2v) is 16.1. The number of carboxylic acid groups (broad SMARTS) is 1. The van der Waals surface area contributed by atoms with Crippen LogP contribution in [0.15, 0.2) is 150 Å². The van der Waals surface area contributed by atoms with Gasteiger partial charge in [0.2, 0.25) is 0 Å². The topological polar surface area (TPSA) is 153 Å². The van der Waals surface area contributed by atoms with Crippen molar-refractivity contribution in [2.24, 2.45) is 0 Å². The molecule has 12 nitrogen and oxygen atoms in total. The van der Waals surface area contributed by atoms with E-state index in [1.54, 1.807) is 66.7 Å². The summed E-state index contributed by atoms with van der Waals surface area (Å²) in [5.74, 6) is -0.423. The monoisotopic (exact) mass is 1060 g/mol. The zero-order chi connectivity index (χ0) is 50.6.